The number of carbonyl (C=O) groups excluding carboxylic acids is 2. The monoisotopic (exact) mass is 632 g/mol. The van der Waals surface area contributed by atoms with Crippen molar-refractivity contribution in [1.82, 2.24) is 29.9 Å². The molecule has 2 amide bonds. The summed E-state index contributed by atoms with van der Waals surface area (Å²) in [4.78, 5) is 50.0. The third kappa shape index (κ3) is 7.41. The molecule has 0 aliphatic rings. The van der Waals surface area contributed by atoms with Crippen LogP contribution in [0.4, 0.5) is 14.7 Å². The Kier molecular flexibility index (Phi) is 8.90. The van der Waals surface area contributed by atoms with Gasteiger partial charge in [-0.1, -0.05) is 12.1 Å². The van der Waals surface area contributed by atoms with Crippen molar-refractivity contribution >= 4 is 55.8 Å². The van der Waals surface area contributed by atoms with E-state index >= 15 is 0 Å². The van der Waals surface area contributed by atoms with E-state index in [0.29, 0.717) is 32.6 Å². The summed E-state index contributed by atoms with van der Waals surface area (Å²) in [6.07, 6.45) is 6.62. The van der Waals surface area contributed by atoms with E-state index in [0.717, 1.165) is 22.6 Å². The largest absolute Gasteiger partial charge is 0.298 e. The van der Waals surface area contributed by atoms with E-state index in [-0.39, 0.29) is 17.6 Å². The van der Waals surface area contributed by atoms with Crippen LogP contribution in [0.25, 0.3) is 33.8 Å². The molecule has 10 nitrogen and oxygen atoms in total. The van der Waals surface area contributed by atoms with Gasteiger partial charge in [-0.25, -0.2) is 14.4 Å². The molecule has 0 fully saturated rings. The molecule has 0 radical (unpaired) electrons. The van der Waals surface area contributed by atoms with Crippen LogP contribution in [-0.2, 0) is 0 Å². The maximum atomic E-state index is 12.8. The van der Waals surface area contributed by atoms with Crippen LogP contribution in [0.3, 0.4) is 0 Å². The lowest BCUT2D eigenvalue weighted by atomic mass is 10.2. The molecule has 7 aromatic rings. The van der Waals surface area contributed by atoms with Gasteiger partial charge in [-0.3, -0.25) is 40.2 Å². The minimum Gasteiger partial charge on any atom is -0.298 e. The van der Waals surface area contributed by atoms with Crippen LogP contribution >= 0.6 is 22.7 Å². The number of nitrogens with zero attached hydrogens (tertiary/aromatic N) is 6. The molecule has 45 heavy (non-hydrogen) atoms. The third-order valence-corrected chi connectivity index (χ3v) is 7.66. The second kappa shape index (κ2) is 13.7. The fraction of sp³-hybridized carbons (Fsp3) is 0. The summed E-state index contributed by atoms with van der Waals surface area (Å²) in [6, 6.07) is 21.7. The van der Waals surface area contributed by atoms with Crippen molar-refractivity contribution < 1.29 is 14.0 Å². The molecule has 0 atom stereocenters. The number of aromatic nitrogens is 6. The predicted octanol–water partition coefficient (Wildman–Crippen LogP) is 7.00. The third-order valence-electron chi connectivity index (χ3n) is 6.14. The second-order valence-corrected chi connectivity index (χ2v) is 10.9. The van der Waals surface area contributed by atoms with E-state index in [2.05, 4.69) is 40.5 Å². The first-order valence-corrected chi connectivity index (χ1v) is 15.1. The number of benzene rings is 2. The lowest BCUT2D eigenvalue weighted by molar-refractivity contribution is 0.101. The van der Waals surface area contributed by atoms with E-state index in [9.17, 15) is 14.0 Å². The van der Waals surface area contributed by atoms with Gasteiger partial charge in [0.05, 0.1) is 22.4 Å². The summed E-state index contributed by atoms with van der Waals surface area (Å²) < 4.78 is 12.8. The molecule has 0 saturated carbocycles. The number of amides is 2. The van der Waals surface area contributed by atoms with Gasteiger partial charge in [-0.05, 0) is 66.7 Å². The van der Waals surface area contributed by atoms with Crippen molar-refractivity contribution in [2.24, 2.45) is 0 Å². The smallest absolute Gasteiger partial charge is 0.257 e. The normalized spacial score (nSPS) is 10.5. The number of pyridine rings is 2. The summed E-state index contributed by atoms with van der Waals surface area (Å²) in [6.45, 7) is 0. The minimum absolute atomic E-state index is 0.232. The molecule has 0 aliphatic carbocycles. The highest BCUT2D eigenvalue weighted by Gasteiger charge is 2.12. The van der Waals surface area contributed by atoms with Gasteiger partial charge in [0, 0.05) is 46.7 Å². The zero-order valence-electron chi connectivity index (χ0n) is 23.2. The number of hydrogen-bond donors (Lipinski definition) is 2. The van der Waals surface area contributed by atoms with Gasteiger partial charge in [0.2, 0.25) is 0 Å². The van der Waals surface area contributed by atoms with Gasteiger partial charge in [-0.2, -0.15) is 0 Å². The standard InChI is InChI=1S/C17H11N5OS.C15H10FN3OS/c23-16(11-4-5-13-14(9-11)20-8-7-19-13)22-17-21-15(10-24-17)12-3-1-2-6-18-12;16-11-6-4-10(5-7-11)14(20)19-15-18-13(9-21-15)12-3-1-2-8-17-12/h1-10H,(H,21,22,23);1-9H,(H,18,19,20). The Bertz CT molecular complexity index is 2070. The molecule has 0 saturated heterocycles. The average Bonchev–Trinajstić information content (AvgIpc) is 3.76. The van der Waals surface area contributed by atoms with Crippen molar-refractivity contribution in [3.8, 4) is 22.8 Å². The predicted molar refractivity (Wildman–Crippen MR) is 173 cm³/mol. The minimum atomic E-state index is -0.377. The van der Waals surface area contributed by atoms with Gasteiger partial charge < -0.3 is 0 Å². The molecule has 0 unspecified atom stereocenters. The van der Waals surface area contributed by atoms with Gasteiger partial charge in [0.15, 0.2) is 10.3 Å². The number of fused-ring (bicyclic) bond motifs is 1. The highest BCUT2D eigenvalue weighted by Crippen LogP contribution is 2.25. The molecule has 0 spiro atoms. The Labute approximate surface area is 263 Å². The van der Waals surface area contributed by atoms with Gasteiger partial charge in [0.1, 0.15) is 17.2 Å². The second-order valence-electron chi connectivity index (χ2n) is 9.18. The summed E-state index contributed by atoms with van der Waals surface area (Å²) in [5, 5.41) is 10.2. The number of anilines is 2. The average molecular weight is 633 g/mol. The Morgan fingerprint density at radius 3 is 1.64 bits per heavy atom. The Hall–Kier alpha value is -5.79. The summed E-state index contributed by atoms with van der Waals surface area (Å²) in [5.74, 6) is -0.931. The lowest BCUT2D eigenvalue weighted by Crippen LogP contribution is -2.11. The maximum Gasteiger partial charge on any atom is 0.257 e. The van der Waals surface area contributed by atoms with Crippen molar-refractivity contribution in [3.05, 3.63) is 131 Å². The number of nitrogens with one attached hydrogen (secondary N) is 2. The first-order valence-electron chi connectivity index (χ1n) is 13.3. The summed E-state index contributed by atoms with van der Waals surface area (Å²) in [5.41, 5.74) is 5.28. The van der Waals surface area contributed by atoms with Crippen molar-refractivity contribution in [2.45, 2.75) is 0 Å². The molecular formula is C32H21FN8O2S2. The maximum absolute atomic E-state index is 12.8. The molecule has 2 aromatic carbocycles. The molecule has 5 heterocycles. The Morgan fingerprint density at radius 2 is 1.09 bits per heavy atom. The van der Waals surface area contributed by atoms with Crippen LogP contribution in [-0.4, -0.2) is 41.7 Å². The Morgan fingerprint density at radius 1 is 0.556 bits per heavy atom. The van der Waals surface area contributed by atoms with E-state index < -0.39 is 0 Å². The van der Waals surface area contributed by atoms with Gasteiger partial charge >= 0.3 is 0 Å². The van der Waals surface area contributed by atoms with E-state index in [1.54, 1.807) is 43.0 Å². The van der Waals surface area contributed by atoms with Crippen molar-refractivity contribution in [3.63, 3.8) is 0 Å². The summed E-state index contributed by atoms with van der Waals surface area (Å²) >= 11 is 2.67. The first kappa shape index (κ1) is 29.3. The zero-order valence-corrected chi connectivity index (χ0v) is 24.8. The van der Waals surface area contributed by atoms with Crippen LogP contribution in [0.2, 0.25) is 0 Å². The van der Waals surface area contributed by atoms with Crippen molar-refractivity contribution in [2.75, 3.05) is 10.6 Å². The quantitative estimate of drug-likeness (QED) is 0.200. The number of hydrogen-bond acceptors (Lipinski definition) is 10. The Balaban J connectivity index is 0.000000160. The van der Waals surface area contributed by atoms with Gasteiger partial charge in [-0.15, -0.1) is 22.7 Å². The van der Waals surface area contributed by atoms with Crippen molar-refractivity contribution in [1.29, 1.82) is 0 Å². The molecule has 7 rings (SSSR count). The molecule has 0 bridgehead atoms. The zero-order chi connectivity index (χ0) is 31.0. The van der Waals surface area contributed by atoms with Crippen LogP contribution in [0.5, 0.6) is 0 Å². The van der Waals surface area contributed by atoms with E-state index in [1.807, 2.05) is 47.2 Å². The molecule has 13 heteroatoms. The first-order chi connectivity index (χ1) is 22.0. The van der Waals surface area contributed by atoms with Crippen LogP contribution in [0, 0.1) is 5.82 Å². The number of carbonyl (C=O) groups is 2. The van der Waals surface area contributed by atoms with Crippen LogP contribution < -0.4 is 10.6 Å². The molecule has 5 aromatic heterocycles. The molecule has 220 valence electrons. The fourth-order valence-electron chi connectivity index (χ4n) is 3.97. The summed E-state index contributed by atoms with van der Waals surface area (Å²) in [7, 11) is 0. The number of halogens is 1. The molecule has 2 N–H and O–H groups in total. The van der Waals surface area contributed by atoms with Crippen LogP contribution in [0.1, 0.15) is 20.7 Å². The molecule has 0 aliphatic heterocycles. The van der Waals surface area contributed by atoms with E-state index in [4.69, 9.17) is 0 Å². The highest BCUT2D eigenvalue weighted by molar-refractivity contribution is 7.14. The topological polar surface area (TPSA) is 136 Å². The number of thiazole rings is 2. The SMILES string of the molecule is O=C(Nc1nc(-c2ccccn2)cs1)c1ccc(F)cc1.O=C(Nc1nc(-c2ccccn2)cs1)c1ccc2nccnc2c1. The lowest BCUT2D eigenvalue weighted by Gasteiger charge is -2.03. The van der Waals surface area contributed by atoms with Gasteiger partial charge in [0.25, 0.3) is 11.8 Å². The highest BCUT2D eigenvalue weighted by atomic mass is 32.1. The fourth-order valence-corrected chi connectivity index (χ4v) is 5.37. The number of rotatable bonds is 6. The van der Waals surface area contributed by atoms with E-state index in [1.165, 1.54) is 46.9 Å². The molecular weight excluding hydrogens is 612 g/mol. The van der Waals surface area contributed by atoms with Crippen LogP contribution in [0.15, 0.2) is 114 Å².